The van der Waals surface area contributed by atoms with Crippen molar-refractivity contribution < 1.29 is 28.6 Å². The van der Waals surface area contributed by atoms with Gasteiger partial charge < -0.3 is 10.2 Å². The topological polar surface area (TPSA) is 56.0 Å². The molecule has 5 aromatic carbocycles. The van der Waals surface area contributed by atoms with Crippen molar-refractivity contribution in [1.82, 2.24) is 15.0 Å². The number of halogens is 1. The van der Waals surface area contributed by atoms with Gasteiger partial charge in [-0.15, -0.1) is 16.6 Å². The fraction of sp³-hybridized carbons (Fsp3) is 0.259. The minimum Gasteiger partial charge on any atom is 3.00 e. The minimum atomic E-state index is -2.31. The molecule has 0 amide bonds. The van der Waals surface area contributed by atoms with Crippen molar-refractivity contribution in [2.45, 2.75) is 94.5 Å². The van der Waals surface area contributed by atoms with Crippen LogP contribution in [0.2, 0.25) is 17.3 Å². The number of rotatable bonds is 6. The van der Waals surface area contributed by atoms with E-state index >= 15 is 0 Å². The maximum Gasteiger partial charge on any atom is 3.00 e. The van der Waals surface area contributed by atoms with E-state index in [1.54, 1.807) is 29.5 Å². The van der Waals surface area contributed by atoms with Gasteiger partial charge in [-0.2, -0.15) is 29.5 Å². The van der Waals surface area contributed by atoms with Crippen LogP contribution in [0.3, 0.4) is 0 Å². The smallest absolute Gasteiger partial charge is 3.00 e. The standard InChI is InChI=1S/C44H40N4S.C14H15FGeN.Ir/c1-27-18-20-33-37(45-27)23-24-38-40(33)48(39-25-19-30(44(2,3)4)26-35(39)28-12-7-5-8-13-28)42(46-38)34-17-11-16-31-32-21-22-36(29-14-9-6-10-15-29)47-43(32)49-41(31)34;1-16(2,3)11-8-9-14(17-10-11)12-6-4-5-7-13(12)15;/h5,7-8,11-13,16,18-26,29,42H,6,9-10,14-15H2,1-4H3;4-5,7-10H,1-3H3;/q-2;-1;+3/i1D3;;. The molecule has 67 heavy (non-hydrogen) atoms. The van der Waals surface area contributed by atoms with Crippen LogP contribution in [0.5, 0.6) is 0 Å². The van der Waals surface area contributed by atoms with Gasteiger partial charge in [0.25, 0.3) is 0 Å². The summed E-state index contributed by atoms with van der Waals surface area (Å²) in [4.78, 5) is 17.7. The summed E-state index contributed by atoms with van der Waals surface area (Å²) < 4.78 is 40.1. The maximum atomic E-state index is 13.6. The molecule has 5 heterocycles. The normalized spacial score (nSPS) is 16.1. The van der Waals surface area contributed by atoms with E-state index in [2.05, 4.69) is 132 Å². The Morgan fingerprint density at radius 2 is 1.61 bits per heavy atom. The molecule has 1 atom stereocenters. The zero-order chi connectivity index (χ0) is 48.2. The number of nitrogens with zero attached hydrogens (tertiary/aromatic N) is 5. The summed E-state index contributed by atoms with van der Waals surface area (Å²) in [5.41, 5.74) is 10.2. The number of aromatic nitrogens is 3. The average Bonchev–Trinajstić information content (AvgIpc) is 3.93. The van der Waals surface area contributed by atoms with E-state index in [0.29, 0.717) is 22.7 Å². The third-order valence-electron chi connectivity index (χ3n) is 13.1. The molecular weight excluding hydrogens is 1080 g/mol. The number of benzene rings is 5. The molecule has 11 rings (SSSR count). The fourth-order valence-electron chi connectivity index (χ4n) is 9.43. The van der Waals surface area contributed by atoms with E-state index in [9.17, 15) is 4.39 Å². The molecule has 1 saturated carbocycles. The first-order chi connectivity index (χ1) is 33.0. The molecule has 4 aromatic heterocycles. The Kier molecular flexibility index (Phi) is 12.2. The van der Waals surface area contributed by atoms with Gasteiger partial charge in [0.2, 0.25) is 0 Å². The second-order valence-corrected chi connectivity index (χ2v) is 31.3. The molecule has 1 aliphatic heterocycles. The molecule has 0 bridgehead atoms. The molecule has 9 heteroatoms. The zero-order valence-corrected chi connectivity index (χ0v) is 44.1. The van der Waals surface area contributed by atoms with E-state index in [1.165, 1.54) is 64.6 Å². The van der Waals surface area contributed by atoms with Gasteiger partial charge in [-0.3, -0.25) is 4.98 Å². The van der Waals surface area contributed by atoms with Crippen molar-refractivity contribution in [3.8, 4) is 22.4 Å². The van der Waals surface area contributed by atoms with Gasteiger partial charge in [0.1, 0.15) is 4.83 Å². The predicted molar refractivity (Wildman–Crippen MR) is 278 cm³/mol. The van der Waals surface area contributed by atoms with E-state index in [0.717, 1.165) is 48.7 Å². The van der Waals surface area contributed by atoms with Crippen molar-refractivity contribution in [3.63, 3.8) is 0 Å². The molecule has 0 spiro atoms. The molecular formula is C58H55FGeIrN5S. The Bertz CT molecular complexity index is 3340. The summed E-state index contributed by atoms with van der Waals surface area (Å²) in [6.07, 6.45) is 7.76. The van der Waals surface area contributed by atoms with Crippen LogP contribution < -0.4 is 9.30 Å². The number of fused-ring (bicyclic) bond motifs is 6. The molecule has 0 N–H and O–H groups in total. The molecule has 0 radical (unpaired) electrons. The molecule has 5 nitrogen and oxygen atoms in total. The van der Waals surface area contributed by atoms with Crippen LogP contribution in [0.1, 0.15) is 91.6 Å². The van der Waals surface area contributed by atoms with Crippen LogP contribution >= 0.6 is 11.3 Å². The Balaban J connectivity index is 0.000000286. The number of hydrogen-bond donors (Lipinski definition) is 0. The van der Waals surface area contributed by atoms with Gasteiger partial charge >= 0.3 is 124 Å². The van der Waals surface area contributed by atoms with Crippen molar-refractivity contribution >= 4 is 77.3 Å². The van der Waals surface area contributed by atoms with Crippen LogP contribution in [-0.4, -0.2) is 28.2 Å². The van der Waals surface area contributed by atoms with Crippen molar-refractivity contribution in [2.75, 3.05) is 4.90 Å². The minimum absolute atomic E-state index is 0. The summed E-state index contributed by atoms with van der Waals surface area (Å²) >= 11 is -0.0862. The third-order valence-corrected chi connectivity index (χ3v) is 18.5. The summed E-state index contributed by atoms with van der Waals surface area (Å²) in [5, 5.41) is 8.66. The number of aryl methyl sites for hydroxylation is 1. The molecule has 1 fully saturated rings. The van der Waals surface area contributed by atoms with Crippen molar-refractivity contribution in [3.05, 3.63) is 179 Å². The number of thiophene rings is 1. The zero-order valence-electron chi connectivity index (χ0n) is 41.7. The first kappa shape index (κ1) is 43.1. The van der Waals surface area contributed by atoms with Crippen molar-refractivity contribution in [2.24, 2.45) is 0 Å². The number of pyridine rings is 3. The Morgan fingerprint density at radius 1 is 0.806 bits per heavy atom. The van der Waals surface area contributed by atoms with Crippen LogP contribution in [0.15, 0.2) is 134 Å². The fourth-order valence-corrected chi connectivity index (χ4v) is 12.8. The van der Waals surface area contributed by atoms with Gasteiger partial charge in [0, 0.05) is 43.7 Å². The van der Waals surface area contributed by atoms with E-state index in [1.807, 2.05) is 42.6 Å². The second kappa shape index (κ2) is 19.0. The number of anilines is 2. The Labute approximate surface area is 419 Å². The van der Waals surface area contributed by atoms with E-state index in [4.69, 9.17) is 14.4 Å². The largest absolute Gasteiger partial charge is 3.00 e. The summed E-state index contributed by atoms with van der Waals surface area (Å²) in [5.74, 6) is 7.19. The first-order valence-electron chi connectivity index (χ1n) is 24.5. The van der Waals surface area contributed by atoms with Gasteiger partial charge in [-0.05, 0) is 84.2 Å². The third kappa shape index (κ3) is 9.35. The first-order valence-corrected chi connectivity index (χ1v) is 31.2. The van der Waals surface area contributed by atoms with Gasteiger partial charge in [-0.1, -0.05) is 93.3 Å². The van der Waals surface area contributed by atoms with E-state index in [-0.39, 0.29) is 37.0 Å². The quantitative estimate of drug-likeness (QED) is 0.123. The molecule has 2 aliphatic rings. The molecule has 1 aliphatic carbocycles. The molecule has 9 aromatic rings. The van der Waals surface area contributed by atoms with Crippen LogP contribution in [0, 0.1) is 24.8 Å². The molecule has 1 unspecified atom stereocenters. The monoisotopic (exact) mass is 1140 g/mol. The average molecular weight is 1140 g/mol. The summed E-state index contributed by atoms with van der Waals surface area (Å²) in [7, 11) is 0. The molecule has 338 valence electrons. The van der Waals surface area contributed by atoms with Crippen LogP contribution in [0.25, 0.3) is 58.9 Å². The van der Waals surface area contributed by atoms with E-state index < -0.39 is 26.3 Å². The second-order valence-electron chi connectivity index (χ2n) is 19.7. The number of hydrogen-bond acceptors (Lipinski definition) is 5. The van der Waals surface area contributed by atoms with Gasteiger partial charge in [0.05, 0.1) is 5.52 Å². The van der Waals surface area contributed by atoms with Crippen LogP contribution in [-0.2, 0) is 25.5 Å². The van der Waals surface area contributed by atoms with Crippen molar-refractivity contribution in [1.29, 1.82) is 0 Å². The van der Waals surface area contributed by atoms with Gasteiger partial charge in [-0.25, -0.2) is 4.98 Å². The summed E-state index contributed by atoms with van der Waals surface area (Å²) in [6, 6.07) is 48.7. The Morgan fingerprint density at radius 3 is 2.34 bits per heavy atom. The maximum absolute atomic E-state index is 13.6. The summed E-state index contributed by atoms with van der Waals surface area (Å²) in [6.45, 7) is 4.42. The van der Waals surface area contributed by atoms with Crippen LogP contribution in [0.4, 0.5) is 21.5 Å². The SMILES string of the molecule is [2H]C([2H])([2H])c1ccc2c3c(ccc2n1)[N-]C(c1[c-]ccc2c1sc1nc(C4CCCCC4)ccc12)N3c1ccc(C(C)(C)C)cc1-c1ccccc1.[CH3][Ge]([CH3])([CH3])[c]1ccc(-c2[c-]cccc2F)nc1.[Ir+3]. The van der Waals surface area contributed by atoms with Gasteiger partial charge in [0.15, 0.2) is 0 Å². The predicted octanol–water partition coefficient (Wildman–Crippen LogP) is 16.2. The Hall–Kier alpha value is -5.25. The molecule has 0 saturated heterocycles.